The summed E-state index contributed by atoms with van der Waals surface area (Å²) in [5.74, 6) is 0.759. The highest BCUT2D eigenvalue weighted by atomic mass is 16.5. The number of aliphatic hydroxyl groups excluding tert-OH is 1. The largest absolute Gasteiger partial charge is 0.483 e. The van der Waals surface area contributed by atoms with Crippen molar-refractivity contribution in [1.29, 1.82) is 0 Å². The molecule has 0 radical (unpaired) electrons. The van der Waals surface area contributed by atoms with E-state index >= 15 is 0 Å². The van der Waals surface area contributed by atoms with E-state index in [1.807, 2.05) is 44.2 Å². The van der Waals surface area contributed by atoms with Crippen molar-refractivity contribution >= 4 is 5.91 Å². The van der Waals surface area contributed by atoms with Gasteiger partial charge in [-0.3, -0.25) is 4.79 Å². The maximum Gasteiger partial charge on any atom is 0.258 e. The van der Waals surface area contributed by atoms with Crippen molar-refractivity contribution in [3.05, 3.63) is 41.5 Å². The summed E-state index contributed by atoms with van der Waals surface area (Å²) >= 11 is 0. The molecule has 4 nitrogen and oxygen atoms in total. The first-order valence-corrected chi connectivity index (χ1v) is 6.87. The lowest BCUT2D eigenvalue weighted by molar-refractivity contribution is -0.123. The van der Waals surface area contributed by atoms with Crippen LogP contribution in [-0.4, -0.2) is 30.3 Å². The first-order valence-electron chi connectivity index (χ1n) is 6.87. The van der Waals surface area contributed by atoms with Crippen LogP contribution in [0.4, 0.5) is 0 Å². The van der Waals surface area contributed by atoms with Crippen LogP contribution in [0.5, 0.6) is 5.75 Å². The second kappa shape index (κ2) is 6.57. The van der Waals surface area contributed by atoms with Crippen molar-refractivity contribution in [3.8, 4) is 5.75 Å². The van der Waals surface area contributed by atoms with Crippen molar-refractivity contribution in [2.45, 2.75) is 26.3 Å². The second-order valence-electron chi connectivity index (χ2n) is 5.29. The van der Waals surface area contributed by atoms with Gasteiger partial charge >= 0.3 is 0 Å². The highest BCUT2D eigenvalue weighted by Gasteiger charge is 2.19. The molecule has 0 bridgehead atoms. The lowest BCUT2D eigenvalue weighted by Crippen LogP contribution is -2.36. The van der Waals surface area contributed by atoms with Gasteiger partial charge in [0.25, 0.3) is 5.91 Å². The van der Waals surface area contributed by atoms with E-state index in [2.05, 4.69) is 5.32 Å². The molecule has 1 amide bonds. The molecular weight excluding hydrogens is 254 g/mol. The number of carbonyl (C=O) groups is 1. The number of ether oxygens (including phenoxy) is 1. The van der Waals surface area contributed by atoms with E-state index in [0.717, 1.165) is 23.3 Å². The molecule has 1 aromatic carbocycles. The van der Waals surface area contributed by atoms with Crippen LogP contribution in [0.1, 0.15) is 17.5 Å². The van der Waals surface area contributed by atoms with Crippen LogP contribution in [0.15, 0.2) is 30.4 Å². The summed E-state index contributed by atoms with van der Waals surface area (Å²) in [7, 11) is 0. The fraction of sp³-hybridized carbons (Fsp3) is 0.438. The van der Waals surface area contributed by atoms with E-state index in [1.54, 1.807) is 0 Å². The van der Waals surface area contributed by atoms with E-state index in [1.165, 1.54) is 0 Å². The van der Waals surface area contributed by atoms with Gasteiger partial charge in [0.2, 0.25) is 0 Å². The molecule has 20 heavy (non-hydrogen) atoms. The number of hydrogen-bond donors (Lipinski definition) is 2. The Balaban J connectivity index is 1.81. The maximum atomic E-state index is 11.8. The number of benzene rings is 1. The van der Waals surface area contributed by atoms with Gasteiger partial charge in [-0.1, -0.05) is 24.3 Å². The fourth-order valence-corrected chi connectivity index (χ4v) is 2.27. The molecule has 0 unspecified atom stereocenters. The molecule has 108 valence electrons. The lowest BCUT2D eigenvalue weighted by atomic mass is 10.1. The molecule has 1 aliphatic carbocycles. The molecule has 0 aromatic heterocycles. The predicted molar refractivity (Wildman–Crippen MR) is 77.7 cm³/mol. The number of amides is 1. The number of aryl methyl sites for hydroxylation is 2. The van der Waals surface area contributed by atoms with E-state index < -0.39 is 0 Å². The molecule has 0 saturated heterocycles. The van der Waals surface area contributed by atoms with E-state index in [4.69, 9.17) is 9.84 Å². The summed E-state index contributed by atoms with van der Waals surface area (Å²) in [5.41, 5.74) is 2.13. The summed E-state index contributed by atoms with van der Waals surface area (Å²) in [6, 6.07) is 5.93. The van der Waals surface area contributed by atoms with Crippen molar-refractivity contribution in [2.24, 2.45) is 5.92 Å². The Bertz CT molecular complexity index is 510. The Labute approximate surface area is 119 Å². The molecule has 0 fully saturated rings. The summed E-state index contributed by atoms with van der Waals surface area (Å²) in [5, 5.41) is 11.9. The standard InChI is InChI=1S/C16H21NO3/c1-11-3-4-12(2)15(7-11)20-10-16(19)17-14-6-5-13(8-14)9-18/h3-7,13-14,18H,8-10H2,1-2H3,(H,17,19)/t13-,14+/m0/s1. The first kappa shape index (κ1) is 14.6. The third kappa shape index (κ3) is 3.84. The topological polar surface area (TPSA) is 58.6 Å². The van der Waals surface area contributed by atoms with Crippen LogP contribution in [-0.2, 0) is 4.79 Å². The number of hydrogen-bond acceptors (Lipinski definition) is 3. The molecule has 0 aliphatic heterocycles. The number of carbonyl (C=O) groups excluding carboxylic acids is 1. The molecule has 4 heteroatoms. The quantitative estimate of drug-likeness (QED) is 0.805. The average Bonchev–Trinajstić information content (AvgIpc) is 2.87. The smallest absolute Gasteiger partial charge is 0.258 e. The summed E-state index contributed by atoms with van der Waals surface area (Å²) in [6.45, 7) is 4.09. The zero-order valence-corrected chi connectivity index (χ0v) is 11.9. The van der Waals surface area contributed by atoms with Crippen LogP contribution < -0.4 is 10.1 Å². The fourth-order valence-electron chi connectivity index (χ4n) is 2.27. The van der Waals surface area contributed by atoms with E-state index in [-0.39, 0.29) is 31.1 Å². The normalized spacial score (nSPS) is 20.9. The van der Waals surface area contributed by atoms with Gasteiger partial charge in [0.15, 0.2) is 6.61 Å². The number of rotatable bonds is 5. The summed E-state index contributed by atoms with van der Waals surface area (Å²) in [6.07, 6.45) is 4.62. The number of nitrogens with one attached hydrogen (secondary N) is 1. The monoisotopic (exact) mass is 275 g/mol. The van der Waals surface area contributed by atoms with Gasteiger partial charge in [-0.25, -0.2) is 0 Å². The highest BCUT2D eigenvalue weighted by molar-refractivity contribution is 5.78. The van der Waals surface area contributed by atoms with Gasteiger partial charge in [-0.15, -0.1) is 0 Å². The van der Waals surface area contributed by atoms with Crippen molar-refractivity contribution in [2.75, 3.05) is 13.2 Å². The van der Waals surface area contributed by atoms with E-state index in [0.29, 0.717) is 0 Å². The molecule has 2 N–H and O–H groups in total. The minimum absolute atomic E-state index is 0.00172. The average molecular weight is 275 g/mol. The Hall–Kier alpha value is -1.81. The highest BCUT2D eigenvalue weighted by Crippen LogP contribution is 2.19. The Morgan fingerprint density at radius 2 is 2.20 bits per heavy atom. The van der Waals surface area contributed by atoms with Crippen molar-refractivity contribution in [1.82, 2.24) is 5.32 Å². The lowest BCUT2D eigenvalue weighted by Gasteiger charge is -2.14. The van der Waals surface area contributed by atoms with Gasteiger partial charge in [-0.05, 0) is 37.5 Å². The summed E-state index contributed by atoms with van der Waals surface area (Å²) < 4.78 is 5.56. The van der Waals surface area contributed by atoms with Crippen LogP contribution in [0.25, 0.3) is 0 Å². The minimum Gasteiger partial charge on any atom is -0.483 e. The molecule has 1 aliphatic rings. The van der Waals surface area contributed by atoms with Crippen molar-refractivity contribution < 1.29 is 14.6 Å². The molecule has 0 spiro atoms. The van der Waals surface area contributed by atoms with E-state index in [9.17, 15) is 4.79 Å². The third-order valence-corrected chi connectivity index (χ3v) is 3.46. The molecule has 1 aromatic rings. The molecule has 0 saturated carbocycles. The second-order valence-corrected chi connectivity index (χ2v) is 5.29. The Kier molecular flexibility index (Phi) is 4.79. The molecule has 2 atom stereocenters. The number of aliphatic hydroxyl groups is 1. The Morgan fingerprint density at radius 1 is 1.40 bits per heavy atom. The molecule has 2 rings (SSSR count). The van der Waals surface area contributed by atoms with Gasteiger partial charge in [0.1, 0.15) is 5.75 Å². The van der Waals surface area contributed by atoms with Gasteiger partial charge < -0.3 is 15.2 Å². The summed E-state index contributed by atoms with van der Waals surface area (Å²) in [4.78, 5) is 11.8. The molecule has 0 heterocycles. The third-order valence-electron chi connectivity index (χ3n) is 3.46. The zero-order chi connectivity index (χ0) is 14.5. The van der Waals surface area contributed by atoms with Crippen LogP contribution in [0, 0.1) is 19.8 Å². The van der Waals surface area contributed by atoms with Gasteiger partial charge in [0.05, 0.1) is 0 Å². The zero-order valence-electron chi connectivity index (χ0n) is 11.9. The first-order chi connectivity index (χ1) is 9.58. The predicted octanol–water partition coefficient (Wildman–Crippen LogP) is 1.74. The van der Waals surface area contributed by atoms with Crippen LogP contribution in [0.3, 0.4) is 0 Å². The van der Waals surface area contributed by atoms with Crippen molar-refractivity contribution in [3.63, 3.8) is 0 Å². The SMILES string of the molecule is Cc1ccc(C)c(OCC(=O)N[C@@H]2C=C[C@H](CO)C2)c1. The Morgan fingerprint density at radius 3 is 2.90 bits per heavy atom. The van der Waals surface area contributed by atoms with Gasteiger partial charge in [-0.2, -0.15) is 0 Å². The van der Waals surface area contributed by atoms with Gasteiger partial charge in [0, 0.05) is 18.6 Å². The van der Waals surface area contributed by atoms with Crippen LogP contribution in [0.2, 0.25) is 0 Å². The van der Waals surface area contributed by atoms with Crippen LogP contribution >= 0.6 is 0 Å². The molecular formula is C16H21NO3. The maximum absolute atomic E-state index is 11.8. The minimum atomic E-state index is -0.140.